The highest BCUT2D eigenvalue weighted by Crippen LogP contribution is 2.30. The molecule has 0 atom stereocenters. The van der Waals surface area contributed by atoms with Crippen molar-refractivity contribution in [2.45, 2.75) is 41.5 Å². The van der Waals surface area contributed by atoms with Gasteiger partial charge in [0.15, 0.2) is 5.11 Å². The fourth-order valence-electron chi connectivity index (χ4n) is 4.45. The van der Waals surface area contributed by atoms with Gasteiger partial charge in [0.1, 0.15) is 5.57 Å². The lowest BCUT2D eigenvalue weighted by Gasteiger charge is -2.30. The van der Waals surface area contributed by atoms with Crippen LogP contribution in [0.25, 0.3) is 11.8 Å². The van der Waals surface area contributed by atoms with E-state index in [4.69, 9.17) is 12.2 Å². The smallest absolute Gasteiger partial charge is 0.270 e. The first kappa shape index (κ1) is 22.7. The van der Waals surface area contributed by atoms with Crippen LogP contribution in [0.5, 0.6) is 0 Å². The summed E-state index contributed by atoms with van der Waals surface area (Å²) in [6, 6.07) is 13.9. The van der Waals surface area contributed by atoms with E-state index in [1.807, 2.05) is 58.0 Å². The van der Waals surface area contributed by atoms with E-state index in [-0.39, 0.29) is 10.7 Å². The summed E-state index contributed by atoms with van der Waals surface area (Å²) in [5.74, 6) is -0.905. The standard InChI is InChI=1S/C27H27N3O2S/c1-15-9-8-12-23(19(15)5)30-26(32)22(25(31)28-27(30)33)14-21-13-18(4)29(20(21)6)24-16(2)10-7-11-17(24)3/h7-14H,1-6H3,(H,28,31,33)/b22-14+. The van der Waals surface area contributed by atoms with Crippen LogP contribution in [-0.4, -0.2) is 21.5 Å². The second-order valence-corrected chi connectivity index (χ2v) is 8.97. The number of nitrogens with one attached hydrogen (secondary N) is 1. The normalized spacial score (nSPS) is 15.4. The van der Waals surface area contributed by atoms with E-state index < -0.39 is 11.8 Å². The molecule has 168 valence electrons. The van der Waals surface area contributed by atoms with Crippen LogP contribution < -0.4 is 10.2 Å². The maximum Gasteiger partial charge on any atom is 0.270 e. The molecule has 1 N–H and O–H groups in total. The van der Waals surface area contributed by atoms with E-state index in [0.29, 0.717) is 5.69 Å². The quantitative estimate of drug-likeness (QED) is 0.336. The Morgan fingerprint density at radius 1 is 0.879 bits per heavy atom. The zero-order valence-corrected chi connectivity index (χ0v) is 20.6. The van der Waals surface area contributed by atoms with Crippen LogP contribution in [0.15, 0.2) is 48.0 Å². The Kier molecular flexibility index (Phi) is 5.80. The highest BCUT2D eigenvalue weighted by molar-refractivity contribution is 7.80. The largest absolute Gasteiger partial charge is 0.317 e. The number of benzene rings is 2. The number of hydrogen-bond acceptors (Lipinski definition) is 3. The first-order chi connectivity index (χ1) is 15.6. The third-order valence-electron chi connectivity index (χ3n) is 6.35. The van der Waals surface area contributed by atoms with Gasteiger partial charge >= 0.3 is 0 Å². The molecule has 6 heteroatoms. The van der Waals surface area contributed by atoms with Crippen LogP contribution in [-0.2, 0) is 9.59 Å². The third-order valence-corrected chi connectivity index (χ3v) is 6.64. The molecule has 33 heavy (non-hydrogen) atoms. The van der Waals surface area contributed by atoms with Crippen molar-refractivity contribution in [1.29, 1.82) is 0 Å². The van der Waals surface area contributed by atoms with Crippen LogP contribution in [0.4, 0.5) is 5.69 Å². The van der Waals surface area contributed by atoms with Gasteiger partial charge in [-0.2, -0.15) is 0 Å². The number of anilines is 1. The zero-order valence-electron chi connectivity index (χ0n) is 19.7. The van der Waals surface area contributed by atoms with E-state index in [2.05, 4.69) is 35.9 Å². The van der Waals surface area contributed by atoms with E-state index in [1.54, 1.807) is 6.08 Å². The summed E-state index contributed by atoms with van der Waals surface area (Å²) in [5.41, 5.74) is 8.98. The van der Waals surface area contributed by atoms with Gasteiger partial charge < -0.3 is 4.57 Å². The molecule has 1 fully saturated rings. The minimum absolute atomic E-state index is 0.0614. The van der Waals surface area contributed by atoms with Crippen LogP contribution >= 0.6 is 12.2 Å². The van der Waals surface area contributed by atoms with Crippen molar-refractivity contribution in [1.82, 2.24) is 9.88 Å². The van der Waals surface area contributed by atoms with Crippen molar-refractivity contribution in [3.05, 3.63) is 87.2 Å². The number of nitrogens with zero attached hydrogens (tertiary/aromatic N) is 2. The van der Waals surface area contributed by atoms with E-state index in [9.17, 15) is 9.59 Å². The number of hydrogen-bond donors (Lipinski definition) is 1. The number of rotatable bonds is 3. The summed E-state index contributed by atoms with van der Waals surface area (Å²) >= 11 is 5.37. The van der Waals surface area contributed by atoms with Crippen molar-refractivity contribution < 1.29 is 9.59 Å². The van der Waals surface area contributed by atoms with Crippen molar-refractivity contribution in [2.24, 2.45) is 0 Å². The van der Waals surface area contributed by atoms with Crippen molar-refractivity contribution in [3.8, 4) is 5.69 Å². The molecule has 0 unspecified atom stereocenters. The lowest BCUT2D eigenvalue weighted by molar-refractivity contribution is -0.122. The second kappa shape index (κ2) is 8.45. The predicted molar refractivity (Wildman–Crippen MR) is 137 cm³/mol. The number of para-hydroxylation sites is 1. The monoisotopic (exact) mass is 457 g/mol. The summed E-state index contributed by atoms with van der Waals surface area (Å²) in [5, 5.41) is 2.78. The fraction of sp³-hybridized carbons (Fsp3) is 0.222. The molecule has 1 aliphatic rings. The van der Waals surface area contributed by atoms with Crippen LogP contribution in [0.3, 0.4) is 0 Å². The fourth-order valence-corrected chi connectivity index (χ4v) is 4.72. The number of aromatic nitrogens is 1. The van der Waals surface area contributed by atoms with Gasteiger partial charge in [-0.15, -0.1) is 0 Å². The first-order valence-corrected chi connectivity index (χ1v) is 11.3. The van der Waals surface area contributed by atoms with Crippen molar-refractivity contribution in [3.63, 3.8) is 0 Å². The molecule has 5 nitrogen and oxygen atoms in total. The SMILES string of the molecule is Cc1cccc(N2C(=O)/C(=C/c3cc(C)n(-c4c(C)cccc4C)c3C)C(=O)NC2=S)c1C. The Labute approximate surface area is 199 Å². The maximum atomic E-state index is 13.5. The van der Waals surface area contributed by atoms with Gasteiger partial charge in [-0.05, 0) is 99.8 Å². The minimum atomic E-state index is -0.483. The first-order valence-electron chi connectivity index (χ1n) is 10.8. The number of carbonyl (C=O) groups excluding carboxylic acids is 2. The number of thiocarbonyl (C=S) groups is 1. The Balaban J connectivity index is 1.82. The molecule has 2 heterocycles. The maximum absolute atomic E-state index is 13.5. The van der Waals surface area contributed by atoms with Crippen molar-refractivity contribution in [2.75, 3.05) is 4.90 Å². The van der Waals surface area contributed by atoms with Gasteiger partial charge in [0, 0.05) is 11.4 Å². The number of carbonyl (C=O) groups is 2. The summed E-state index contributed by atoms with van der Waals surface area (Å²) < 4.78 is 2.18. The molecule has 1 saturated heterocycles. The summed E-state index contributed by atoms with van der Waals surface area (Å²) in [6.45, 7) is 12.1. The molecule has 0 radical (unpaired) electrons. The molecular weight excluding hydrogens is 430 g/mol. The zero-order chi connectivity index (χ0) is 24.0. The highest BCUT2D eigenvalue weighted by atomic mass is 32.1. The molecule has 2 amide bonds. The Morgan fingerprint density at radius 2 is 1.48 bits per heavy atom. The highest BCUT2D eigenvalue weighted by Gasteiger charge is 2.35. The molecule has 0 bridgehead atoms. The molecule has 3 aromatic rings. The molecule has 4 rings (SSSR count). The average Bonchev–Trinajstić information content (AvgIpc) is 3.01. The average molecular weight is 458 g/mol. The molecule has 0 aliphatic carbocycles. The van der Waals surface area contributed by atoms with Crippen LogP contribution in [0.1, 0.15) is 39.2 Å². The Bertz CT molecular complexity index is 1340. The van der Waals surface area contributed by atoms with Crippen molar-refractivity contribution >= 4 is 40.9 Å². The van der Waals surface area contributed by atoms with E-state index in [1.165, 1.54) is 4.90 Å². The lowest BCUT2D eigenvalue weighted by Crippen LogP contribution is -2.54. The van der Waals surface area contributed by atoms with E-state index in [0.717, 1.165) is 44.9 Å². The van der Waals surface area contributed by atoms with Gasteiger partial charge in [0.2, 0.25) is 0 Å². The number of aryl methyl sites for hydroxylation is 4. The molecule has 1 aromatic heterocycles. The summed E-state index contributed by atoms with van der Waals surface area (Å²) in [6.07, 6.45) is 1.67. The Morgan fingerprint density at radius 3 is 2.15 bits per heavy atom. The second-order valence-electron chi connectivity index (χ2n) is 8.58. The van der Waals surface area contributed by atoms with Gasteiger partial charge in [-0.1, -0.05) is 30.3 Å². The van der Waals surface area contributed by atoms with Crippen LogP contribution in [0.2, 0.25) is 0 Å². The predicted octanol–water partition coefficient (Wildman–Crippen LogP) is 5.16. The van der Waals surface area contributed by atoms with Gasteiger partial charge in [0.05, 0.1) is 11.4 Å². The molecule has 0 saturated carbocycles. The third kappa shape index (κ3) is 3.80. The van der Waals surface area contributed by atoms with Crippen LogP contribution in [0, 0.1) is 41.5 Å². The van der Waals surface area contributed by atoms with Gasteiger partial charge in [-0.25, -0.2) is 0 Å². The summed E-state index contributed by atoms with van der Waals surface area (Å²) in [4.78, 5) is 27.7. The molecule has 1 aliphatic heterocycles. The molecule has 0 spiro atoms. The summed E-state index contributed by atoms with van der Waals surface area (Å²) in [7, 11) is 0. The molecular formula is C27H27N3O2S. The lowest BCUT2D eigenvalue weighted by atomic mass is 10.0. The Hall–Kier alpha value is -3.51. The molecule has 2 aromatic carbocycles. The number of amides is 2. The van der Waals surface area contributed by atoms with Gasteiger partial charge in [0.25, 0.3) is 11.8 Å². The van der Waals surface area contributed by atoms with Gasteiger partial charge in [-0.3, -0.25) is 19.8 Å². The van der Waals surface area contributed by atoms with E-state index >= 15 is 0 Å². The minimum Gasteiger partial charge on any atom is -0.317 e. The topological polar surface area (TPSA) is 54.3 Å².